The van der Waals surface area contributed by atoms with Gasteiger partial charge in [-0.05, 0) is 51.3 Å². The number of carbonyl (C=O) groups is 2. The van der Waals surface area contributed by atoms with Gasteiger partial charge in [-0.15, -0.1) is 0 Å². The molecule has 0 spiro atoms. The lowest BCUT2D eigenvalue weighted by atomic mass is 9.98. The number of carboxylic acids is 1. The van der Waals surface area contributed by atoms with E-state index >= 15 is 0 Å². The van der Waals surface area contributed by atoms with Crippen LogP contribution in [0.2, 0.25) is 0 Å². The molecule has 1 aromatic rings. The molecule has 0 aliphatic carbocycles. The number of carboxylic acid groups (broad SMARTS) is 1. The second-order valence-electron chi connectivity index (χ2n) is 7.58. The van der Waals surface area contributed by atoms with Crippen LogP contribution in [0.3, 0.4) is 0 Å². The van der Waals surface area contributed by atoms with E-state index in [1.807, 2.05) is 0 Å². The van der Waals surface area contributed by atoms with Crippen LogP contribution in [0.1, 0.15) is 62.7 Å². The quantitative estimate of drug-likeness (QED) is 0.737. The molecule has 1 saturated heterocycles. The maximum atomic E-state index is 12.9. The van der Waals surface area contributed by atoms with Gasteiger partial charge in [0.15, 0.2) is 0 Å². The molecule has 0 saturated carbocycles. The third-order valence-corrected chi connectivity index (χ3v) is 6.61. The van der Waals surface area contributed by atoms with Crippen LogP contribution in [0, 0.1) is 0 Å². The number of amides is 1. The molecule has 2 rings (SSSR count). The summed E-state index contributed by atoms with van der Waals surface area (Å²) in [7, 11) is -3.63. The number of sulfonamides is 1. The molecule has 150 valence electrons. The van der Waals surface area contributed by atoms with E-state index in [1.54, 1.807) is 26.0 Å². The molecular weight excluding hydrogens is 368 g/mol. The monoisotopic (exact) mass is 396 g/mol. The number of hydrogen-bond acceptors (Lipinski definition) is 4. The van der Waals surface area contributed by atoms with Crippen LogP contribution in [0.15, 0.2) is 29.2 Å². The Morgan fingerprint density at radius 1 is 1.15 bits per heavy atom. The van der Waals surface area contributed by atoms with Gasteiger partial charge in [0.05, 0.1) is 4.90 Å². The zero-order chi connectivity index (χ0) is 20.1. The molecule has 0 unspecified atom stereocenters. The molecule has 8 heteroatoms. The fourth-order valence-electron chi connectivity index (χ4n) is 3.09. The van der Waals surface area contributed by atoms with Crippen molar-refractivity contribution in [1.82, 2.24) is 9.62 Å². The summed E-state index contributed by atoms with van der Waals surface area (Å²) in [5.41, 5.74) is -0.468. The third kappa shape index (κ3) is 6.04. The van der Waals surface area contributed by atoms with Gasteiger partial charge in [0.1, 0.15) is 0 Å². The van der Waals surface area contributed by atoms with Gasteiger partial charge in [-0.2, -0.15) is 4.31 Å². The second-order valence-corrected chi connectivity index (χ2v) is 9.52. The summed E-state index contributed by atoms with van der Waals surface area (Å²) < 4.78 is 27.3. The van der Waals surface area contributed by atoms with Gasteiger partial charge in [-0.3, -0.25) is 9.59 Å². The van der Waals surface area contributed by atoms with Crippen LogP contribution in [0.5, 0.6) is 0 Å². The predicted octanol–water partition coefficient (Wildman–Crippen LogP) is 2.62. The zero-order valence-corrected chi connectivity index (χ0v) is 16.7. The Balaban J connectivity index is 2.16. The van der Waals surface area contributed by atoms with E-state index < -0.39 is 27.4 Å². The van der Waals surface area contributed by atoms with Crippen molar-refractivity contribution in [3.8, 4) is 0 Å². The lowest BCUT2D eigenvalue weighted by molar-refractivity contribution is -0.137. The molecule has 27 heavy (non-hydrogen) atoms. The van der Waals surface area contributed by atoms with Gasteiger partial charge in [0.25, 0.3) is 5.91 Å². The molecule has 0 aromatic heterocycles. The highest BCUT2D eigenvalue weighted by Gasteiger charge is 2.27. The highest BCUT2D eigenvalue weighted by atomic mass is 32.2. The van der Waals surface area contributed by atoms with Crippen molar-refractivity contribution >= 4 is 21.9 Å². The summed E-state index contributed by atoms with van der Waals surface area (Å²) in [6.45, 7) is 4.49. The number of aliphatic carboxylic acids is 1. The summed E-state index contributed by atoms with van der Waals surface area (Å²) in [4.78, 5) is 23.4. The Labute approximate surface area is 160 Å². The lowest BCUT2D eigenvalue weighted by Gasteiger charge is -2.26. The number of nitrogens with one attached hydrogen (secondary N) is 1. The molecule has 0 radical (unpaired) electrons. The third-order valence-electron chi connectivity index (χ3n) is 4.71. The van der Waals surface area contributed by atoms with Gasteiger partial charge in [0, 0.05) is 30.6 Å². The van der Waals surface area contributed by atoms with E-state index in [4.69, 9.17) is 5.11 Å². The predicted molar refractivity (Wildman–Crippen MR) is 102 cm³/mol. The Kier molecular flexibility index (Phi) is 7.00. The highest BCUT2D eigenvalue weighted by molar-refractivity contribution is 7.89. The summed E-state index contributed by atoms with van der Waals surface area (Å²) >= 11 is 0. The molecule has 7 nitrogen and oxygen atoms in total. The fraction of sp³-hybridized carbons (Fsp3) is 0.579. The molecule has 1 fully saturated rings. The van der Waals surface area contributed by atoms with E-state index in [-0.39, 0.29) is 23.3 Å². The Bertz CT molecular complexity index is 781. The molecule has 1 aliphatic rings. The number of nitrogens with zero attached hydrogens (tertiary/aromatic N) is 1. The number of rotatable bonds is 7. The maximum Gasteiger partial charge on any atom is 0.303 e. The fourth-order valence-corrected chi connectivity index (χ4v) is 4.65. The standard InChI is InChI=1S/C19H28N2O5S/c1-19(2,11-10-17(22)23)20-18(24)15-8-7-9-16(14-15)27(25,26)21-12-5-3-4-6-13-21/h7-9,14H,3-6,10-13H2,1-2H3,(H,20,24)(H,22,23). The summed E-state index contributed by atoms with van der Waals surface area (Å²) in [5, 5.41) is 11.6. The molecule has 1 heterocycles. The SMILES string of the molecule is CC(C)(CCC(=O)O)NC(=O)c1cccc(S(=O)(=O)N2CCCCCC2)c1. The number of hydrogen-bond donors (Lipinski definition) is 2. The Morgan fingerprint density at radius 3 is 2.37 bits per heavy atom. The van der Waals surface area contributed by atoms with Gasteiger partial charge in [0.2, 0.25) is 10.0 Å². The first-order chi connectivity index (χ1) is 12.6. The van der Waals surface area contributed by atoms with Crippen LogP contribution in [-0.4, -0.2) is 48.3 Å². The number of carbonyl (C=O) groups excluding carboxylic acids is 1. The minimum absolute atomic E-state index is 0.0589. The average molecular weight is 397 g/mol. The largest absolute Gasteiger partial charge is 0.481 e. The number of benzene rings is 1. The molecule has 1 amide bonds. The van der Waals surface area contributed by atoms with Gasteiger partial charge in [-0.25, -0.2) is 8.42 Å². The topological polar surface area (TPSA) is 104 Å². The molecule has 1 aromatic carbocycles. The van der Waals surface area contributed by atoms with Crippen molar-refractivity contribution in [1.29, 1.82) is 0 Å². The van der Waals surface area contributed by atoms with Crippen molar-refractivity contribution in [2.24, 2.45) is 0 Å². The maximum absolute atomic E-state index is 12.9. The van der Waals surface area contributed by atoms with Gasteiger partial charge >= 0.3 is 5.97 Å². The van der Waals surface area contributed by atoms with Crippen molar-refractivity contribution in [3.05, 3.63) is 29.8 Å². The van der Waals surface area contributed by atoms with Crippen LogP contribution < -0.4 is 5.32 Å². The second kappa shape index (κ2) is 8.84. The van der Waals surface area contributed by atoms with E-state index in [9.17, 15) is 18.0 Å². The minimum Gasteiger partial charge on any atom is -0.481 e. The van der Waals surface area contributed by atoms with E-state index in [1.165, 1.54) is 16.4 Å². The molecule has 0 bridgehead atoms. The summed E-state index contributed by atoms with van der Waals surface area (Å²) in [5.74, 6) is -1.35. The van der Waals surface area contributed by atoms with Gasteiger partial charge < -0.3 is 10.4 Å². The molecule has 2 N–H and O–H groups in total. The van der Waals surface area contributed by atoms with Crippen LogP contribution >= 0.6 is 0 Å². The Hall–Kier alpha value is -1.93. The molecular formula is C19H28N2O5S. The average Bonchev–Trinajstić information content (AvgIpc) is 2.90. The lowest BCUT2D eigenvalue weighted by Crippen LogP contribution is -2.43. The normalized spacial score (nSPS) is 16.5. The first-order valence-electron chi connectivity index (χ1n) is 9.26. The molecule has 0 atom stereocenters. The van der Waals surface area contributed by atoms with Crippen LogP contribution in [0.4, 0.5) is 0 Å². The van der Waals surface area contributed by atoms with E-state index in [2.05, 4.69) is 5.32 Å². The van der Waals surface area contributed by atoms with E-state index in [0.29, 0.717) is 13.1 Å². The van der Waals surface area contributed by atoms with Crippen molar-refractivity contribution < 1.29 is 23.1 Å². The van der Waals surface area contributed by atoms with Crippen LogP contribution in [-0.2, 0) is 14.8 Å². The smallest absolute Gasteiger partial charge is 0.303 e. The highest BCUT2D eigenvalue weighted by Crippen LogP contribution is 2.21. The Morgan fingerprint density at radius 2 is 1.78 bits per heavy atom. The van der Waals surface area contributed by atoms with E-state index in [0.717, 1.165) is 25.7 Å². The first-order valence-corrected chi connectivity index (χ1v) is 10.7. The van der Waals surface area contributed by atoms with Crippen LogP contribution in [0.25, 0.3) is 0 Å². The minimum atomic E-state index is -3.63. The van der Waals surface area contributed by atoms with Crippen molar-refractivity contribution in [2.45, 2.75) is 62.8 Å². The van der Waals surface area contributed by atoms with Gasteiger partial charge in [-0.1, -0.05) is 18.9 Å². The van der Waals surface area contributed by atoms with Crippen molar-refractivity contribution in [3.63, 3.8) is 0 Å². The summed E-state index contributed by atoms with van der Waals surface area (Å²) in [6.07, 6.45) is 3.96. The molecule has 1 aliphatic heterocycles. The van der Waals surface area contributed by atoms with Crippen molar-refractivity contribution in [2.75, 3.05) is 13.1 Å². The first kappa shape index (κ1) is 21.4. The summed E-state index contributed by atoms with van der Waals surface area (Å²) in [6, 6.07) is 6.02. The zero-order valence-electron chi connectivity index (χ0n) is 15.9.